The maximum Gasteiger partial charge on any atom is 0.407 e. The van der Waals surface area contributed by atoms with E-state index in [1.54, 1.807) is 37.3 Å². The molecule has 0 radical (unpaired) electrons. The number of alkyl carbamates (subject to hydrolysis) is 1. The van der Waals surface area contributed by atoms with Crippen LogP contribution in [0.3, 0.4) is 0 Å². The largest absolute Gasteiger partial charge is 0.451 e. The van der Waals surface area contributed by atoms with Crippen LogP contribution in [0.2, 0.25) is 0 Å². The highest BCUT2D eigenvalue weighted by atomic mass is 19.1. The molecule has 1 aliphatic heterocycles. The monoisotopic (exact) mass is 681 g/mol. The fourth-order valence-corrected chi connectivity index (χ4v) is 6.93. The summed E-state index contributed by atoms with van der Waals surface area (Å²) in [7, 11) is 3.99. The molecular weight excluding hydrogens is 641 g/mol. The first-order valence-electron chi connectivity index (χ1n) is 16.9. The van der Waals surface area contributed by atoms with E-state index in [1.807, 2.05) is 38.4 Å². The SMILES string of the molecule is CN(C)CCCCNc1c(F)cc2c(=O)c(C(=O)N3CC[C@H](NC(=O)OC(C)(C)C)C3)cn3c4cc5c(cc4oc1c23)c(=O)c1ccccc15. The van der Waals surface area contributed by atoms with Gasteiger partial charge in [-0.25, -0.2) is 9.18 Å². The first kappa shape index (κ1) is 33.3. The molecule has 2 N–H and O–H groups in total. The van der Waals surface area contributed by atoms with Crippen LogP contribution in [0, 0.1) is 5.82 Å². The van der Waals surface area contributed by atoms with Gasteiger partial charge >= 0.3 is 6.09 Å². The lowest BCUT2D eigenvalue weighted by molar-refractivity contribution is 0.0502. The topological polar surface area (TPSA) is 126 Å². The molecule has 0 bridgehead atoms. The normalized spacial score (nSPS) is 15.3. The van der Waals surface area contributed by atoms with E-state index in [0.717, 1.165) is 30.8 Å². The van der Waals surface area contributed by atoms with Gasteiger partial charge in [0.25, 0.3) is 5.91 Å². The van der Waals surface area contributed by atoms with Gasteiger partial charge < -0.3 is 34.0 Å². The average molecular weight is 682 g/mol. The highest BCUT2D eigenvalue weighted by molar-refractivity contribution is 6.15. The van der Waals surface area contributed by atoms with Gasteiger partial charge in [-0.05, 0) is 89.6 Å². The summed E-state index contributed by atoms with van der Waals surface area (Å²) in [5, 5.41) is 8.48. The van der Waals surface area contributed by atoms with Crippen LogP contribution in [-0.2, 0) is 4.74 Å². The van der Waals surface area contributed by atoms with Crippen molar-refractivity contribution >= 4 is 66.8 Å². The molecule has 2 aromatic heterocycles. The second-order valence-electron chi connectivity index (χ2n) is 14.4. The van der Waals surface area contributed by atoms with Gasteiger partial charge in [-0.3, -0.25) is 14.4 Å². The Labute approximate surface area is 286 Å². The van der Waals surface area contributed by atoms with Crippen molar-refractivity contribution in [3.8, 4) is 0 Å². The number of likely N-dealkylation sites (tertiary alicyclic amines) is 1. The number of rotatable bonds is 8. The Kier molecular flexibility index (Phi) is 8.37. The highest BCUT2D eigenvalue weighted by Gasteiger charge is 2.32. The number of aromatic nitrogens is 1. The van der Waals surface area contributed by atoms with Crippen molar-refractivity contribution in [1.82, 2.24) is 19.5 Å². The number of hydrogen-bond donors (Lipinski definition) is 2. The zero-order chi connectivity index (χ0) is 35.5. The number of amides is 2. The lowest BCUT2D eigenvalue weighted by atomic mass is 10.1. The fourth-order valence-electron chi connectivity index (χ4n) is 6.93. The molecule has 50 heavy (non-hydrogen) atoms. The van der Waals surface area contributed by atoms with Crippen LogP contribution < -0.4 is 21.5 Å². The van der Waals surface area contributed by atoms with E-state index in [1.165, 1.54) is 11.1 Å². The molecule has 3 heterocycles. The molecule has 0 unspecified atom stereocenters. The number of pyridine rings is 1. The molecule has 12 heteroatoms. The van der Waals surface area contributed by atoms with E-state index in [4.69, 9.17) is 9.15 Å². The quantitative estimate of drug-likeness (QED) is 0.115. The summed E-state index contributed by atoms with van der Waals surface area (Å²) in [6.07, 6.45) is 3.04. The first-order valence-corrected chi connectivity index (χ1v) is 16.9. The third kappa shape index (κ3) is 5.97. The predicted molar refractivity (Wildman–Crippen MR) is 193 cm³/mol. The Morgan fingerprint density at radius 1 is 1.00 bits per heavy atom. The Morgan fingerprint density at radius 3 is 2.50 bits per heavy atom. The van der Waals surface area contributed by atoms with E-state index in [0.29, 0.717) is 52.3 Å². The maximum atomic E-state index is 16.0. The number of ether oxygens (including phenoxy) is 1. The van der Waals surface area contributed by atoms with E-state index in [-0.39, 0.29) is 40.2 Å². The summed E-state index contributed by atoms with van der Waals surface area (Å²) in [4.78, 5) is 57.5. The van der Waals surface area contributed by atoms with Gasteiger partial charge in [0.1, 0.15) is 22.4 Å². The lowest BCUT2D eigenvalue weighted by Gasteiger charge is -2.22. The van der Waals surface area contributed by atoms with Gasteiger partial charge in [0, 0.05) is 36.6 Å². The number of fused-ring (bicyclic) bond motifs is 5. The number of carbonyl (C=O) groups is 2. The van der Waals surface area contributed by atoms with Crippen LogP contribution in [0.1, 0.15) is 50.4 Å². The Hall–Kier alpha value is -5.23. The highest BCUT2D eigenvalue weighted by Crippen LogP contribution is 2.36. The van der Waals surface area contributed by atoms with Gasteiger partial charge in [0.15, 0.2) is 22.4 Å². The van der Waals surface area contributed by atoms with Crippen molar-refractivity contribution in [3.05, 3.63) is 80.5 Å². The number of unbranched alkanes of at least 4 members (excludes halogenated alkanes) is 1. The number of nitrogens with zero attached hydrogens (tertiary/aromatic N) is 3. The van der Waals surface area contributed by atoms with Crippen LogP contribution in [0.15, 0.2) is 62.7 Å². The second kappa shape index (κ2) is 12.6. The molecule has 1 aliphatic rings. The minimum atomic E-state index is -0.691. The summed E-state index contributed by atoms with van der Waals surface area (Å²) < 4.78 is 29.5. The molecule has 7 rings (SSSR count). The van der Waals surface area contributed by atoms with Crippen LogP contribution in [0.25, 0.3) is 49.1 Å². The molecule has 1 saturated heterocycles. The molecule has 0 spiro atoms. The minimum absolute atomic E-state index is 0.00763. The van der Waals surface area contributed by atoms with Crippen molar-refractivity contribution in [2.75, 3.05) is 45.6 Å². The van der Waals surface area contributed by atoms with Crippen LogP contribution in [0.4, 0.5) is 14.9 Å². The number of halogens is 1. The molecule has 2 amide bonds. The van der Waals surface area contributed by atoms with Gasteiger partial charge in [-0.15, -0.1) is 0 Å². The number of anilines is 1. The maximum absolute atomic E-state index is 16.0. The summed E-state index contributed by atoms with van der Waals surface area (Å²) >= 11 is 0. The predicted octanol–water partition coefficient (Wildman–Crippen LogP) is 5.94. The van der Waals surface area contributed by atoms with Crippen molar-refractivity contribution < 1.29 is 23.1 Å². The third-order valence-corrected chi connectivity index (χ3v) is 9.23. The van der Waals surface area contributed by atoms with Crippen LogP contribution in [-0.4, -0.2) is 78.1 Å². The van der Waals surface area contributed by atoms with Gasteiger partial charge in [0.2, 0.25) is 5.43 Å². The van der Waals surface area contributed by atoms with E-state index in [9.17, 15) is 19.2 Å². The standard InChI is InChI=1S/C38H40FN5O6/c1-38(2,3)50-37(48)41-21-12-15-43(19-21)36(47)27-20-44-29-17-24-22-10-6-7-11-23(22)33(45)25(24)18-30(29)49-35-31(40-13-8-9-14-42(4)5)28(39)16-26(32(35)44)34(27)46/h6-7,10-11,16-18,20-21,40H,8-9,12-15,19H2,1-5H3,(H,41,48)/t21-/m0/s1. The minimum Gasteiger partial charge on any atom is -0.451 e. The number of carbonyl (C=O) groups excluding carboxylic acids is 2. The Bertz CT molecular complexity index is 2430. The molecule has 4 aromatic carbocycles. The molecule has 11 nitrogen and oxygen atoms in total. The van der Waals surface area contributed by atoms with Crippen molar-refractivity contribution in [1.29, 1.82) is 0 Å². The number of nitrogens with one attached hydrogen (secondary N) is 2. The van der Waals surface area contributed by atoms with Gasteiger partial charge in [-0.1, -0.05) is 24.3 Å². The second-order valence-corrected chi connectivity index (χ2v) is 14.4. The van der Waals surface area contributed by atoms with E-state index < -0.39 is 28.8 Å². The first-order chi connectivity index (χ1) is 23.8. The number of benzene rings is 3. The Balaban J connectivity index is 1.37. The molecule has 260 valence electrons. The number of hydrogen-bond acceptors (Lipinski definition) is 8. The zero-order valence-corrected chi connectivity index (χ0v) is 28.8. The van der Waals surface area contributed by atoms with Gasteiger partial charge in [0.05, 0.1) is 16.9 Å². The van der Waals surface area contributed by atoms with Crippen LogP contribution >= 0.6 is 0 Å². The molecule has 0 aliphatic carbocycles. The summed E-state index contributed by atoms with van der Waals surface area (Å²) in [6.45, 7) is 7.13. The van der Waals surface area contributed by atoms with Gasteiger partial charge in [-0.2, -0.15) is 0 Å². The summed E-state index contributed by atoms with van der Waals surface area (Å²) in [5.41, 5.74) is -0.252. The summed E-state index contributed by atoms with van der Waals surface area (Å²) in [6, 6.07) is 11.6. The Morgan fingerprint density at radius 2 is 1.76 bits per heavy atom. The van der Waals surface area contributed by atoms with Crippen molar-refractivity contribution in [2.45, 2.75) is 51.7 Å². The lowest BCUT2D eigenvalue weighted by Crippen LogP contribution is -2.41. The third-order valence-electron chi connectivity index (χ3n) is 9.23. The average Bonchev–Trinajstić information content (AvgIpc) is 3.63. The van der Waals surface area contributed by atoms with Crippen molar-refractivity contribution in [2.24, 2.45) is 0 Å². The molecule has 6 aromatic rings. The molecule has 1 atom stereocenters. The molecule has 0 saturated carbocycles. The van der Waals surface area contributed by atoms with E-state index in [2.05, 4.69) is 15.5 Å². The fraction of sp³-hybridized carbons (Fsp3) is 0.368. The molecule has 1 fully saturated rings. The van der Waals surface area contributed by atoms with Crippen LogP contribution in [0.5, 0.6) is 0 Å². The smallest absolute Gasteiger partial charge is 0.407 e. The summed E-state index contributed by atoms with van der Waals surface area (Å²) in [5.74, 6) is -1.22. The molecular formula is C38H40FN5O6. The zero-order valence-electron chi connectivity index (χ0n) is 28.8. The van der Waals surface area contributed by atoms with Crippen molar-refractivity contribution in [3.63, 3.8) is 0 Å². The van der Waals surface area contributed by atoms with E-state index >= 15 is 4.39 Å².